The lowest BCUT2D eigenvalue weighted by Gasteiger charge is -2.03. The van der Waals surface area contributed by atoms with Crippen molar-refractivity contribution in [1.29, 1.82) is 0 Å². The lowest BCUT2D eigenvalue weighted by atomic mass is 10.1. The number of anilines is 1. The fraction of sp³-hybridized carbons (Fsp3) is 0.333. The molecule has 2 aromatic rings. The zero-order valence-corrected chi connectivity index (χ0v) is 11.8. The maximum absolute atomic E-state index is 4.13. The molecule has 1 aromatic heterocycles. The highest BCUT2D eigenvalue weighted by molar-refractivity contribution is 7.98. The van der Waals surface area contributed by atoms with E-state index in [-0.39, 0.29) is 0 Å². The molecule has 0 atom stereocenters. The Balaban J connectivity index is 1.99. The van der Waals surface area contributed by atoms with Crippen LogP contribution < -0.4 is 5.32 Å². The summed E-state index contributed by atoms with van der Waals surface area (Å²) in [5.41, 5.74) is 2.67. The molecule has 0 fully saturated rings. The predicted octanol–water partition coefficient (Wildman–Crippen LogP) is 3.49. The molecule has 0 saturated heterocycles. The second kappa shape index (κ2) is 5.51. The zero-order valence-electron chi connectivity index (χ0n) is 10.2. The molecule has 0 bridgehead atoms. The van der Waals surface area contributed by atoms with Crippen molar-refractivity contribution in [3.63, 3.8) is 0 Å². The summed E-state index contributed by atoms with van der Waals surface area (Å²) in [6.45, 7) is 4.27. The molecule has 0 saturated carbocycles. The van der Waals surface area contributed by atoms with Crippen molar-refractivity contribution >= 4 is 28.2 Å². The molecular weight excluding hydrogens is 250 g/mol. The summed E-state index contributed by atoms with van der Waals surface area (Å²) in [5.74, 6) is 0.877. The summed E-state index contributed by atoms with van der Waals surface area (Å²) in [5, 5.41) is 13.1. The first-order chi connectivity index (χ1) is 8.19. The molecule has 0 spiro atoms. The van der Waals surface area contributed by atoms with Crippen LogP contribution in [0, 0.1) is 13.8 Å². The highest BCUT2D eigenvalue weighted by Gasteiger charge is 2.04. The number of rotatable bonds is 4. The second-order valence-corrected chi connectivity index (χ2v) is 5.90. The molecule has 0 amide bonds. The van der Waals surface area contributed by atoms with Gasteiger partial charge in [0.15, 0.2) is 0 Å². The van der Waals surface area contributed by atoms with Crippen molar-refractivity contribution in [3.05, 3.63) is 34.3 Å². The van der Waals surface area contributed by atoms with Crippen LogP contribution in [0.5, 0.6) is 0 Å². The molecule has 1 aromatic carbocycles. The van der Waals surface area contributed by atoms with Crippen LogP contribution in [0.15, 0.2) is 23.1 Å². The van der Waals surface area contributed by atoms with E-state index in [1.807, 2.05) is 7.05 Å². The molecule has 2 rings (SSSR count). The van der Waals surface area contributed by atoms with Gasteiger partial charge in [-0.2, -0.15) is 0 Å². The lowest BCUT2D eigenvalue weighted by Crippen LogP contribution is -1.84. The highest BCUT2D eigenvalue weighted by Crippen LogP contribution is 2.26. The van der Waals surface area contributed by atoms with Crippen LogP contribution in [-0.2, 0) is 5.75 Å². The molecule has 90 valence electrons. The quantitative estimate of drug-likeness (QED) is 0.859. The van der Waals surface area contributed by atoms with E-state index in [0.29, 0.717) is 0 Å². The molecule has 1 heterocycles. The lowest BCUT2D eigenvalue weighted by molar-refractivity contribution is 1.04. The van der Waals surface area contributed by atoms with Crippen LogP contribution in [0.1, 0.15) is 16.1 Å². The molecule has 5 heteroatoms. The number of hydrogen-bond donors (Lipinski definition) is 1. The van der Waals surface area contributed by atoms with E-state index < -0.39 is 0 Å². The minimum absolute atomic E-state index is 0.876. The van der Waals surface area contributed by atoms with E-state index in [1.54, 1.807) is 23.1 Å². The van der Waals surface area contributed by atoms with E-state index in [0.717, 1.165) is 15.9 Å². The van der Waals surface area contributed by atoms with Gasteiger partial charge in [-0.05, 0) is 37.1 Å². The van der Waals surface area contributed by atoms with E-state index in [4.69, 9.17) is 0 Å². The Morgan fingerprint density at radius 1 is 1.24 bits per heavy atom. The molecule has 0 aliphatic carbocycles. The molecule has 0 unspecified atom stereocenters. The third kappa shape index (κ3) is 3.20. The highest BCUT2D eigenvalue weighted by atomic mass is 32.2. The SMILES string of the molecule is CNc1nnc(CSc2ccc(C)c(C)c2)s1. The van der Waals surface area contributed by atoms with Crippen molar-refractivity contribution in [1.82, 2.24) is 10.2 Å². The van der Waals surface area contributed by atoms with Crippen molar-refractivity contribution in [2.75, 3.05) is 12.4 Å². The molecular formula is C12H15N3S2. The smallest absolute Gasteiger partial charge is 0.205 e. The maximum Gasteiger partial charge on any atom is 0.205 e. The molecule has 0 aliphatic heterocycles. The number of nitrogens with one attached hydrogen (secondary N) is 1. The zero-order chi connectivity index (χ0) is 12.3. The summed E-state index contributed by atoms with van der Waals surface area (Å²) >= 11 is 3.41. The Labute approximate surface area is 110 Å². The number of hydrogen-bond acceptors (Lipinski definition) is 5. The normalized spacial score (nSPS) is 10.5. The molecule has 0 radical (unpaired) electrons. The molecule has 3 nitrogen and oxygen atoms in total. The minimum atomic E-state index is 0.876. The molecule has 17 heavy (non-hydrogen) atoms. The first-order valence-corrected chi connectivity index (χ1v) is 7.19. The van der Waals surface area contributed by atoms with Gasteiger partial charge >= 0.3 is 0 Å². The monoisotopic (exact) mass is 265 g/mol. The Hall–Kier alpha value is -1.07. The fourth-order valence-corrected chi connectivity index (χ4v) is 3.04. The third-order valence-corrected chi connectivity index (χ3v) is 4.65. The van der Waals surface area contributed by atoms with Gasteiger partial charge < -0.3 is 5.32 Å². The number of thioether (sulfide) groups is 1. The number of aromatic nitrogens is 2. The fourth-order valence-electron chi connectivity index (χ4n) is 1.36. The number of nitrogens with zero attached hydrogens (tertiary/aromatic N) is 2. The minimum Gasteiger partial charge on any atom is -0.363 e. The average molecular weight is 265 g/mol. The largest absolute Gasteiger partial charge is 0.363 e. The Bertz CT molecular complexity index is 508. The van der Waals surface area contributed by atoms with Gasteiger partial charge in [0.2, 0.25) is 5.13 Å². The summed E-state index contributed by atoms with van der Waals surface area (Å²) in [6.07, 6.45) is 0. The van der Waals surface area contributed by atoms with E-state index in [9.17, 15) is 0 Å². The van der Waals surface area contributed by atoms with Crippen molar-refractivity contribution in [3.8, 4) is 0 Å². The van der Waals surface area contributed by atoms with Crippen LogP contribution in [-0.4, -0.2) is 17.2 Å². The van der Waals surface area contributed by atoms with E-state index >= 15 is 0 Å². The van der Waals surface area contributed by atoms with Crippen LogP contribution in [0.25, 0.3) is 0 Å². The van der Waals surface area contributed by atoms with Crippen molar-refractivity contribution in [2.24, 2.45) is 0 Å². The van der Waals surface area contributed by atoms with Gasteiger partial charge in [0.25, 0.3) is 0 Å². The summed E-state index contributed by atoms with van der Waals surface area (Å²) in [7, 11) is 1.86. The van der Waals surface area contributed by atoms with Crippen molar-refractivity contribution < 1.29 is 0 Å². The second-order valence-electron chi connectivity index (χ2n) is 3.79. The van der Waals surface area contributed by atoms with Gasteiger partial charge in [-0.25, -0.2) is 0 Å². The van der Waals surface area contributed by atoms with Gasteiger partial charge in [-0.3, -0.25) is 0 Å². The predicted molar refractivity (Wildman–Crippen MR) is 74.9 cm³/mol. The van der Waals surface area contributed by atoms with Gasteiger partial charge in [0, 0.05) is 11.9 Å². The first kappa shape index (κ1) is 12.4. The van der Waals surface area contributed by atoms with Gasteiger partial charge in [0.1, 0.15) is 5.01 Å². The van der Waals surface area contributed by atoms with Crippen LogP contribution in [0.4, 0.5) is 5.13 Å². The third-order valence-electron chi connectivity index (χ3n) is 2.52. The average Bonchev–Trinajstić information content (AvgIpc) is 2.79. The molecule has 1 N–H and O–H groups in total. The number of aryl methyl sites for hydroxylation is 2. The summed E-state index contributed by atoms with van der Waals surface area (Å²) < 4.78 is 0. The Kier molecular flexibility index (Phi) is 4.02. The van der Waals surface area contributed by atoms with Crippen LogP contribution in [0.3, 0.4) is 0 Å². The number of benzene rings is 1. The van der Waals surface area contributed by atoms with E-state index in [2.05, 4.69) is 47.6 Å². The molecule has 0 aliphatic rings. The first-order valence-electron chi connectivity index (χ1n) is 5.39. The standard InChI is InChI=1S/C12H15N3S2/c1-8-4-5-10(6-9(8)2)16-7-11-14-15-12(13-3)17-11/h4-6H,7H2,1-3H3,(H,13,15). The maximum atomic E-state index is 4.13. The van der Waals surface area contributed by atoms with Gasteiger partial charge in [-0.15, -0.1) is 22.0 Å². The Morgan fingerprint density at radius 3 is 2.71 bits per heavy atom. The Morgan fingerprint density at radius 2 is 2.06 bits per heavy atom. The van der Waals surface area contributed by atoms with Gasteiger partial charge in [0.05, 0.1) is 5.75 Å². The summed E-state index contributed by atoms with van der Waals surface area (Å²) in [4.78, 5) is 1.29. The van der Waals surface area contributed by atoms with Gasteiger partial charge in [-0.1, -0.05) is 17.4 Å². The van der Waals surface area contributed by atoms with Crippen LogP contribution >= 0.6 is 23.1 Å². The van der Waals surface area contributed by atoms with E-state index in [1.165, 1.54) is 16.0 Å². The topological polar surface area (TPSA) is 37.8 Å². The summed E-state index contributed by atoms with van der Waals surface area (Å²) in [6, 6.07) is 6.55. The van der Waals surface area contributed by atoms with Crippen molar-refractivity contribution in [2.45, 2.75) is 24.5 Å². The van der Waals surface area contributed by atoms with Crippen LogP contribution in [0.2, 0.25) is 0 Å².